The minimum absolute atomic E-state index is 0.0621. The molecule has 2 N–H and O–H groups in total. The second-order valence-corrected chi connectivity index (χ2v) is 7.87. The molecule has 0 aliphatic heterocycles. The van der Waals surface area contributed by atoms with E-state index in [4.69, 9.17) is 23.2 Å². The van der Waals surface area contributed by atoms with Gasteiger partial charge >= 0.3 is 0 Å². The molecule has 3 heterocycles. The van der Waals surface area contributed by atoms with Crippen molar-refractivity contribution < 1.29 is 4.92 Å². The second-order valence-electron chi connectivity index (χ2n) is 7.03. The lowest BCUT2D eigenvalue weighted by molar-refractivity contribution is -0.385. The summed E-state index contributed by atoms with van der Waals surface area (Å²) < 4.78 is 1.70. The molecule has 0 aliphatic carbocycles. The normalized spacial score (nSPS) is 10.8. The molecule has 0 bridgehead atoms. The fraction of sp³-hybridized carbons (Fsp3) is 0.143. The molecule has 1 aromatic carbocycles. The Balaban J connectivity index is 1.51. The molecule has 0 fully saturated rings. The van der Waals surface area contributed by atoms with Crippen molar-refractivity contribution in [3.63, 3.8) is 0 Å². The lowest BCUT2D eigenvalue weighted by Crippen LogP contribution is -2.16. The first-order chi connectivity index (χ1) is 15.9. The second kappa shape index (κ2) is 9.80. The Bertz CT molecular complexity index is 1290. The molecule has 12 heteroatoms. The number of aromatic nitrogens is 5. The molecule has 0 amide bonds. The van der Waals surface area contributed by atoms with Gasteiger partial charge in [-0.05, 0) is 36.8 Å². The number of hydrogen-bond donors (Lipinski definition) is 2. The van der Waals surface area contributed by atoms with Crippen LogP contribution in [0.3, 0.4) is 0 Å². The summed E-state index contributed by atoms with van der Waals surface area (Å²) in [7, 11) is 0. The van der Waals surface area contributed by atoms with Gasteiger partial charge < -0.3 is 10.6 Å². The molecule has 4 rings (SSSR count). The topological polar surface area (TPSA) is 124 Å². The number of nitrogens with zero attached hydrogens (tertiary/aromatic N) is 6. The summed E-state index contributed by atoms with van der Waals surface area (Å²) in [5.74, 6) is 0.934. The standard InChI is InChI=1S/C21H18Cl2N8O2/c1-13-9-28-30(12-13)18-11-27-21(29-20(18)16-4-2-14(22)8-17(16)23)25-7-6-24-19-5-3-15(10-26-19)31(32)33/h2-5,8-12H,6-7H2,1H3,(H,24,26)(H,25,27,29). The van der Waals surface area contributed by atoms with E-state index in [0.717, 1.165) is 5.56 Å². The van der Waals surface area contributed by atoms with E-state index in [1.54, 1.807) is 41.3 Å². The summed E-state index contributed by atoms with van der Waals surface area (Å²) in [4.78, 5) is 23.3. The zero-order valence-electron chi connectivity index (χ0n) is 17.4. The first-order valence-corrected chi connectivity index (χ1v) is 10.6. The van der Waals surface area contributed by atoms with Gasteiger partial charge in [-0.1, -0.05) is 23.2 Å². The lowest BCUT2D eigenvalue weighted by Gasteiger charge is -2.13. The van der Waals surface area contributed by atoms with E-state index in [1.165, 1.54) is 12.3 Å². The van der Waals surface area contributed by atoms with E-state index in [1.807, 2.05) is 13.1 Å². The average Bonchev–Trinajstić information content (AvgIpc) is 3.23. The molecule has 168 valence electrons. The van der Waals surface area contributed by atoms with Crippen LogP contribution in [-0.2, 0) is 0 Å². The predicted octanol–water partition coefficient (Wildman–Crippen LogP) is 4.77. The Labute approximate surface area is 198 Å². The van der Waals surface area contributed by atoms with Crippen molar-refractivity contribution in [2.75, 3.05) is 23.7 Å². The number of anilines is 2. The summed E-state index contributed by atoms with van der Waals surface area (Å²) in [6.07, 6.45) is 6.50. The van der Waals surface area contributed by atoms with Crippen molar-refractivity contribution in [3.8, 4) is 16.9 Å². The number of hydrogen-bond acceptors (Lipinski definition) is 8. The van der Waals surface area contributed by atoms with Crippen molar-refractivity contribution in [1.82, 2.24) is 24.7 Å². The molecule has 10 nitrogen and oxygen atoms in total. The molecular weight excluding hydrogens is 467 g/mol. The van der Waals surface area contributed by atoms with E-state index in [9.17, 15) is 10.1 Å². The van der Waals surface area contributed by atoms with Crippen LogP contribution in [0.2, 0.25) is 10.0 Å². The van der Waals surface area contributed by atoms with Crippen molar-refractivity contribution in [2.24, 2.45) is 0 Å². The van der Waals surface area contributed by atoms with E-state index in [0.29, 0.717) is 51.8 Å². The molecule has 0 unspecified atom stereocenters. The molecule has 0 saturated heterocycles. The first-order valence-electron chi connectivity index (χ1n) is 9.83. The summed E-state index contributed by atoms with van der Waals surface area (Å²) >= 11 is 12.5. The molecule has 0 aliphatic rings. The van der Waals surface area contributed by atoms with Crippen molar-refractivity contribution in [2.45, 2.75) is 6.92 Å². The van der Waals surface area contributed by atoms with Crippen LogP contribution in [0.4, 0.5) is 17.5 Å². The van der Waals surface area contributed by atoms with Crippen LogP contribution in [0.1, 0.15) is 5.56 Å². The van der Waals surface area contributed by atoms with Gasteiger partial charge in [-0.15, -0.1) is 0 Å². The number of aryl methyl sites for hydroxylation is 1. The third kappa shape index (κ3) is 5.36. The summed E-state index contributed by atoms with van der Waals surface area (Å²) in [5, 5.41) is 22.3. The van der Waals surface area contributed by atoms with Crippen LogP contribution in [0, 0.1) is 17.0 Å². The monoisotopic (exact) mass is 484 g/mol. The molecule has 33 heavy (non-hydrogen) atoms. The SMILES string of the molecule is Cc1cnn(-c2cnc(NCCNc3ccc([N+](=O)[O-])cn3)nc2-c2ccc(Cl)cc2Cl)c1. The minimum atomic E-state index is -0.492. The van der Waals surface area contributed by atoms with Gasteiger partial charge in [0.1, 0.15) is 23.4 Å². The maximum absolute atomic E-state index is 10.7. The van der Waals surface area contributed by atoms with Gasteiger partial charge in [0, 0.05) is 35.9 Å². The fourth-order valence-corrected chi connectivity index (χ4v) is 3.51. The van der Waals surface area contributed by atoms with Crippen molar-refractivity contribution >= 4 is 40.7 Å². The average molecular weight is 485 g/mol. The van der Waals surface area contributed by atoms with Gasteiger partial charge in [0.05, 0.1) is 22.3 Å². The Morgan fingerprint density at radius 1 is 1.06 bits per heavy atom. The molecule has 0 spiro atoms. The van der Waals surface area contributed by atoms with Crippen LogP contribution >= 0.6 is 23.2 Å². The number of rotatable bonds is 8. The molecule has 0 saturated carbocycles. The van der Waals surface area contributed by atoms with Gasteiger partial charge in [-0.25, -0.2) is 19.6 Å². The van der Waals surface area contributed by atoms with Gasteiger partial charge in [0.15, 0.2) is 0 Å². The van der Waals surface area contributed by atoms with Gasteiger partial charge in [0.2, 0.25) is 5.95 Å². The van der Waals surface area contributed by atoms with Crippen LogP contribution < -0.4 is 10.6 Å². The van der Waals surface area contributed by atoms with E-state index in [-0.39, 0.29) is 5.69 Å². The number of halogens is 2. The lowest BCUT2D eigenvalue weighted by atomic mass is 10.1. The number of pyridine rings is 1. The molecule has 0 atom stereocenters. The predicted molar refractivity (Wildman–Crippen MR) is 127 cm³/mol. The van der Waals surface area contributed by atoms with E-state index >= 15 is 0 Å². The molecular formula is C21H18Cl2N8O2. The highest BCUT2D eigenvalue weighted by Gasteiger charge is 2.15. The summed E-state index contributed by atoms with van der Waals surface area (Å²) in [6.45, 7) is 2.92. The van der Waals surface area contributed by atoms with Crippen molar-refractivity contribution in [3.05, 3.63) is 80.8 Å². The molecule has 4 aromatic rings. The smallest absolute Gasteiger partial charge is 0.287 e. The third-order valence-corrected chi connectivity index (χ3v) is 5.13. The number of benzene rings is 1. The number of nitro groups is 1. The highest BCUT2D eigenvalue weighted by atomic mass is 35.5. The maximum atomic E-state index is 10.7. The maximum Gasteiger partial charge on any atom is 0.287 e. The summed E-state index contributed by atoms with van der Waals surface area (Å²) in [6, 6.07) is 8.16. The van der Waals surface area contributed by atoms with Gasteiger partial charge in [-0.2, -0.15) is 5.10 Å². The van der Waals surface area contributed by atoms with Crippen LogP contribution in [-0.4, -0.2) is 42.7 Å². The Morgan fingerprint density at radius 3 is 2.55 bits per heavy atom. The van der Waals surface area contributed by atoms with Gasteiger partial charge in [-0.3, -0.25) is 10.1 Å². The largest absolute Gasteiger partial charge is 0.368 e. The first kappa shape index (κ1) is 22.4. The quantitative estimate of drug-likeness (QED) is 0.208. The highest BCUT2D eigenvalue weighted by Crippen LogP contribution is 2.33. The Hall–Kier alpha value is -3.76. The minimum Gasteiger partial charge on any atom is -0.368 e. The van der Waals surface area contributed by atoms with Crippen LogP contribution in [0.5, 0.6) is 0 Å². The molecule has 0 radical (unpaired) electrons. The zero-order valence-corrected chi connectivity index (χ0v) is 18.9. The van der Waals surface area contributed by atoms with E-state index < -0.39 is 4.92 Å². The molecule has 3 aromatic heterocycles. The fourth-order valence-electron chi connectivity index (χ4n) is 3.02. The Morgan fingerprint density at radius 2 is 1.88 bits per heavy atom. The Kier molecular flexibility index (Phi) is 6.66. The van der Waals surface area contributed by atoms with E-state index in [2.05, 4.69) is 30.7 Å². The van der Waals surface area contributed by atoms with Crippen LogP contribution in [0.25, 0.3) is 16.9 Å². The third-order valence-electron chi connectivity index (χ3n) is 4.59. The highest BCUT2D eigenvalue weighted by molar-refractivity contribution is 6.36. The van der Waals surface area contributed by atoms with Crippen LogP contribution in [0.15, 0.2) is 55.1 Å². The number of nitrogens with one attached hydrogen (secondary N) is 2. The summed E-state index contributed by atoms with van der Waals surface area (Å²) in [5.41, 5.74) is 2.90. The van der Waals surface area contributed by atoms with Gasteiger partial charge in [0.25, 0.3) is 5.69 Å². The van der Waals surface area contributed by atoms with Crippen molar-refractivity contribution in [1.29, 1.82) is 0 Å². The zero-order chi connectivity index (χ0) is 23.4.